The van der Waals surface area contributed by atoms with Crippen LogP contribution < -0.4 is 0 Å². The lowest BCUT2D eigenvalue weighted by atomic mass is 10.3. The van der Waals surface area contributed by atoms with Gasteiger partial charge in [0.2, 0.25) is 5.91 Å². The molecule has 3 rings (SSSR count). The summed E-state index contributed by atoms with van der Waals surface area (Å²) in [6.07, 6.45) is -0.615. The monoisotopic (exact) mass is 393 g/mol. The molecule has 0 spiro atoms. The van der Waals surface area contributed by atoms with E-state index < -0.39 is 16.1 Å². The zero-order chi connectivity index (χ0) is 17.3. The molecule has 3 heterocycles. The third-order valence-corrected chi connectivity index (χ3v) is 7.49. The molecule has 2 aliphatic rings. The molecule has 2 amide bonds. The Morgan fingerprint density at radius 3 is 2.46 bits per heavy atom. The van der Waals surface area contributed by atoms with Gasteiger partial charge in [-0.25, -0.2) is 18.1 Å². The minimum absolute atomic E-state index is 0.0772. The number of sulfonamides is 1. The van der Waals surface area contributed by atoms with Crippen LogP contribution in [-0.4, -0.2) is 80.4 Å². The molecule has 1 aromatic rings. The summed E-state index contributed by atoms with van der Waals surface area (Å²) in [7, 11) is -3.55. The van der Waals surface area contributed by atoms with Crippen molar-refractivity contribution in [2.45, 2.75) is 4.21 Å². The smallest absolute Gasteiger partial charge is 0.416 e. The number of piperazine rings is 1. The van der Waals surface area contributed by atoms with Crippen molar-refractivity contribution >= 4 is 45.0 Å². The molecule has 132 valence electrons. The van der Waals surface area contributed by atoms with Gasteiger partial charge in [0, 0.05) is 26.2 Å². The van der Waals surface area contributed by atoms with Crippen molar-refractivity contribution in [1.82, 2.24) is 14.1 Å². The number of carbonyl (C=O) groups excluding carboxylic acids is 2. The highest BCUT2D eigenvalue weighted by atomic mass is 35.5. The molecular weight excluding hydrogens is 378 g/mol. The quantitative estimate of drug-likeness (QED) is 0.747. The van der Waals surface area contributed by atoms with E-state index in [9.17, 15) is 18.0 Å². The number of amides is 2. The lowest BCUT2D eigenvalue weighted by Crippen LogP contribution is -2.51. The highest BCUT2D eigenvalue weighted by molar-refractivity contribution is 7.91. The van der Waals surface area contributed by atoms with Crippen LogP contribution in [0.4, 0.5) is 4.79 Å². The number of cyclic esters (lactones) is 1. The maximum absolute atomic E-state index is 12.5. The predicted molar refractivity (Wildman–Crippen MR) is 87.6 cm³/mol. The van der Waals surface area contributed by atoms with Gasteiger partial charge in [-0.05, 0) is 12.1 Å². The van der Waals surface area contributed by atoms with Gasteiger partial charge in [-0.3, -0.25) is 9.69 Å². The zero-order valence-corrected chi connectivity index (χ0v) is 15.1. The number of hydrogen-bond acceptors (Lipinski definition) is 7. The molecule has 0 saturated carbocycles. The minimum atomic E-state index is -3.55. The molecule has 2 saturated heterocycles. The first-order valence-electron chi connectivity index (χ1n) is 7.33. The molecule has 11 heteroatoms. The highest BCUT2D eigenvalue weighted by Crippen LogP contribution is 2.28. The number of halogens is 1. The van der Waals surface area contributed by atoms with E-state index in [4.69, 9.17) is 16.3 Å². The summed E-state index contributed by atoms with van der Waals surface area (Å²) in [6.45, 7) is 1.99. The number of nitrogens with zero attached hydrogens (tertiary/aromatic N) is 3. The summed E-state index contributed by atoms with van der Waals surface area (Å²) >= 11 is 6.83. The predicted octanol–water partition coefficient (Wildman–Crippen LogP) is 0.687. The maximum atomic E-state index is 12.5. The fourth-order valence-corrected chi connectivity index (χ4v) is 5.65. The molecule has 0 radical (unpaired) electrons. The Labute approximate surface area is 148 Å². The Kier molecular flexibility index (Phi) is 5.11. The van der Waals surface area contributed by atoms with E-state index in [2.05, 4.69) is 0 Å². The van der Waals surface area contributed by atoms with Crippen LogP contribution >= 0.6 is 22.9 Å². The molecule has 0 unspecified atom stereocenters. The Balaban J connectivity index is 1.56. The SMILES string of the molecule is O=C(CN1CCN(S(=O)(=O)c2ccc(Cl)s2)CC1)N1CCOC1=O. The van der Waals surface area contributed by atoms with Crippen LogP contribution in [-0.2, 0) is 19.6 Å². The minimum Gasteiger partial charge on any atom is -0.447 e. The average Bonchev–Trinajstić information content (AvgIpc) is 3.16. The fraction of sp³-hybridized carbons (Fsp3) is 0.538. The molecule has 0 aliphatic carbocycles. The van der Waals surface area contributed by atoms with Gasteiger partial charge < -0.3 is 4.74 Å². The molecule has 2 fully saturated rings. The summed E-state index contributed by atoms with van der Waals surface area (Å²) < 4.78 is 31.8. The van der Waals surface area contributed by atoms with E-state index in [0.29, 0.717) is 17.4 Å². The molecule has 8 nitrogen and oxygen atoms in total. The van der Waals surface area contributed by atoms with Crippen molar-refractivity contribution in [1.29, 1.82) is 0 Å². The number of rotatable bonds is 4. The van der Waals surface area contributed by atoms with Crippen molar-refractivity contribution in [2.75, 3.05) is 45.9 Å². The van der Waals surface area contributed by atoms with Crippen molar-refractivity contribution in [3.05, 3.63) is 16.5 Å². The highest BCUT2D eigenvalue weighted by Gasteiger charge is 2.33. The second kappa shape index (κ2) is 6.96. The number of hydrogen-bond donors (Lipinski definition) is 0. The number of imide groups is 1. The Morgan fingerprint density at radius 2 is 1.92 bits per heavy atom. The van der Waals surface area contributed by atoms with E-state index in [1.807, 2.05) is 4.90 Å². The van der Waals surface area contributed by atoms with Crippen LogP contribution in [0.5, 0.6) is 0 Å². The third-order valence-electron chi connectivity index (χ3n) is 3.89. The molecule has 0 bridgehead atoms. The maximum Gasteiger partial charge on any atom is 0.416 e. The van der Waals surface area contributed by atoms with E-state index >= 15 is 0 Å². The largest absolute Gasteiger partial charge is 0.447 e. The summed E-state index contributed by atoms with van der Waals surface area (Å²) in [5, 5.41) is 0. The van der Waals surface area contributed by atoms with E-state index in [0.717, 1.165) is 16.2 Å². The van der Waals surface area contributed by atoms with Crippen LogP contribution in [0, 0.1) is 0 Å². The second-order valence-electron chi connectivity index (χ2n) is 5.40. The van der Waals surface area contributed by atoms with Crippen molar-refractivity contribution < 1.29 is 22.7 Å². The van der Waals surface area contributed by atoms with E-state index in [1.54, 1.807) is 6.07 Å². The van der Waals surface area contributed by atoms with Crippen LogP contribution in [0.2, 0.25) is 4.34 Å². The van der Waals surface area contributed by atoms with Gasteiger partial charge in [0.1, 0.15) is 10.8 Å². The van der Waals surface area contributed by atoms with Gasteiger partial charge >= 0.3 is 6.09 Å². The van der Waals surface area contributed by atoms with Crippen molar-refractivity contribution in [3.8, 4) is 0 Å². The van der Waals surface area contributed by atoms with Crippen LogP contribution in [0.1, 0.15) is 0 Å². The average molecular weight is 394 g/mol. The lowest BCUT2D eigenvalue weighted by molar-refractivity contribution is -0.129. The molecule has 24 heavy (non-hydrogen) atoms. The van der Waals surface area contributed by atoms with Gasteiger partial charge in [0.05, 0.1) is 17.4 Å². The van der Waals surface area contributed by atoms with Crippen LogP contribution in [0.15, 0.2) is 16.3 Å². The number of thiophene rings is 1. The summed E-state index contributed by atoms with van der Waals surface area (Å²) in [5.74, 6) is -0.321. The lowest BCUT2D eigenvalue weighted by Gasteiger charge is -2.33. The molecule has 1 aromatic heterocycles. The normalized spacial score (nSPS) is 20.4. The Hall–Kier alpha value is -1.20. The Bertz CT molecular complexity index is 743. The first-order valence-corrected chi connectivity index (χ1v) is 9.96. The van der Waals surface area contributed by atoms with E-state index in [1.165, 1.54) is 10.4 Å². The van der Waals surface area contributed by atoms with Crippen molar-refractivity contribution in [3.63, 3.8) is 0 Å². The van der Waals surface area contributed by atoms with Crippen LogP contribution in [0.3, 0.4) is 0 Å². The first kappa shape index (κ1) is 17.6. The molecule has 0 aromatic carbocycles. The number of ether oxygens (including phenoxy) is 1. The standard InChI is InChI=1S/C13H16ClN3O5S2/c14-10-1-2-12(23-10)24(20,21)16-5-3-15(4-6-16)9-11(18)17-7-8-22-13(17)19/h1-2H,3-9H2. The number of carbonyl (C=O) groups is 2. The summed E-state index contributed by atoms with van der Waals surface area (Å²) in [6, 6.07) is 3.06. The summed E-state index contributed by atoms with van der Waals surface area (Å²) in [4.78, 5) is 26.3. The molecular formula is C13H16ClN3O5S2. The van der Waals surface area contributed by atoms with Crippen LogP contribution in [0.25, 0.3) is 0 Å². The Morgan fingerprint density at radius 1 is 1.21 bits per heavy atom. The molecule has 0 atom stereocenters. The topological polar surface area (TPSA) is 87.2 Å². The first-order chi connectivity index (χ1) is 11.4. The molecule has 2 aliphatic heterocycles. The zero-order valence-electron chi connectivity index (χ0n) is 12.7. The van der Waals surface area contributed by atoms with Gasteiger partial charge in [0.15, 0.2) is 0 Å². The summed E-state index contributed by atoms with van der Waals surface area (Å²) in [5.41, 5.74) is 0. The van der Waals surface area contributed by atoms with Gasteiger partial charge in [-0.15, -0.1) is 11.3 Å². The third kappa shape index (κ3) is 3.57. The molecule has 0 N–H and O–H groups in total. The fourth-order valence-electron chi connectivity index (χ4n) is 2.59. The van der Waals surface area contributed by atoms with Crippen molar-refractivity contribution in [2.24, 2.45) is 0 Å². The van der Waals surface area contributed by atoms with Gasteiger partial charge in [-0.2, -0.15) is 4.31 Å². The van der Waals surface area contributed by atoms with E-state index in [-0.39, 0.29) is 42.9 Å². The van der Waals surface area contributed by atoms with Gasteiger partial charge in [0.25, 0.3) is 10.0 Å². The van der Waals surface area contributed by atoms with Gasteiger partial charge in [-0.1, -0.05) is 11.6 Å². The second-order valence-corrected chi connectivity index (χ2v) is 9.28.